The van der Waals surface area contributed by atoms with Crippen LogP contribution in [0.3, 0.4) is 0 Å². The first-order chi connectivity index (χ1) is 19.6. The fourth-order valence-corrected chi connectivity index (χ4v) is 4.36. The second-order valence-electron chi connectivity index (χ2n) is 9.48. The van der Waals surface area contributed by atoms with Crippen LogP contribution in [0.5, 0.6) is 5.75 Å². The largest absolute Gasteiger partial charge is 0.491 e. The number of anilines is 1. The maximum Gasteiger partial charge on any atom is 0.416 e. The first kappa shape index (κ1) is 29.5. The third-order valence-electron chi connectivity index (χ3n) is 6.44. The molecule has 0 bridgehead atoms. The van der Waals surface area contributed by atoms with Crippen LogP contribution < -0.4 is 10.1 Å². The van der Waals surface area contributed by atoms with Crippen molar-refractivity contribution in [3.63, 3.8) is 0 Å². The Balaban J connectivity index is 1.39. The number of carbonyl (C=O) groups is 2. The van der Waals surface area contributed by atoms with E-state index in [2.05, 4.69) is 5.32 Å². The fraction of sp³-hybridized carbons (Fsp3) is 0.250. The van der Waals surface area contributed by atoms with Crippen LogP contribution in [0.15, 0.2) is 85.1 Å². The van der Waals surface area contributed by atoms with E-state index >= 15 is 0 Å². The summed E-state index contributed by atoms with van der Waals surface area (Å²) in [5.74, 6) is -0.0798. The summed E-state index contributed by atoms with van der Waals surface area (Å²) >= 11 is 0. The first-order valence-corrected chi connectivity index (χ1v) is 13.3. The molecule has 0 unspecified atom stereocenters. The molecule has 0 radical (unpaired) electrons. The maximum atomic E-state index is 12.9. The number of alkyl halides is 3. The van der Waals surface area contributed by atoms with Crippen molar-refractivity contribution in [1.82, 2.24) is 4.57 Å². The Kier molecular flexibility index (Phi) is 9.49. The van der Waals surface area contributed by atoms with Crippen LogP contribution in [-0.4, -0.2) is 29.7 Å². The average Bonchev–Trinajstić information content (AvgIpc) is 3.33. The van der Waals surface area contributed by atoms with E-state index < -0.39 is 11.7 Å². The third-order valence-corrected chi connectivity index (χ3v) is 6.44. The highest BCUT2D eigenvalue weighted by molar-refractivity contribution is 6.04. The zero-order valence-corrected chi connectivity index (χ0v) is 22.8. The molecule has 0 aliphatic carbocycles. The molecule has 0 spiro atoms. The van der Waals surface area contributed by atoms with Crippen LogP contribution >= 0.6 is 0 Å². The highest BCUT2D eigenvalue weighted by Crippen LogP contribution is 2.30. The van der Waals surface area contributed by atoms with Gasteiger partial charge in [0.2, 0.25) is 5.91 Å². The Bertz CT molecular complexity index is 1540. The van der Waals surface area contributed by atoms with E-state index in [-0.39, 0.29) is 18.3 Å². The quantitative estimate of drug-likeness (QED) is 0.117. The molecule has 0 aliphatic rings. The van der Waals surface area contributed by atoms with Crippen LogP contribution in [0.1, 0.15) is 43.4 Å². The SMILES string of the molecule is CCOC(=O)CCCOc1ccccc1NC(=O)/C=C(\C)c1ccc2c(ccn2Cc2ccc(C(F)(F)F)cc2)c1. The highest BCUT2D eigenvalue weighted by Gasteiger charge is 2.29. The Hall–Kier alpha value is -4.53. The number of hydrogen-bond donors (Lipinski definition) is 1. The van der Waals surface area contributed by atoms with Crippen molar-refractivity contribution >= 4 is 34.0 Å². The van der Waals surface area contributed by atoms with Gasteiger partial charge in [0, 0.05) is 36.1 Å². The van der Waals surface area contributed by atoms with Crippen LogP contribution in [-0.2, 0) is 27.0 Å². The number of aromatic nitrogens is 1. The summed E-state index contributed by atoms with van der Waals surface area (Å²) in [7, 11) is 0. The van der Waals surface area contributed by atoms with Crippen LogP contribution in [0, 0.1) is 0 Å². The number of para-hydroxylation sites is 2. The van der Waals surface area contributed by atoms with Gasteiger partial charge >= 0.3 is 12.1 Å². The number of esters is 1. The molecule has 6 nitrogen and oxygen atoms in total. The standard InChI is InChI=1S/C32H31F3N2O4/c1-3-40-31(39)9-6-18-41-29-8-5-4-7-27(29)36-30(38)19-22(2)24-12-15-28-25(20-24)16-17-37(28)21-23-10-13-26(14-11-23)32(33,34)35/h4-5,7-8,10-17,19-20H,3,6,9,18,21H2,1-2H3,(H,36,38)/b22-19+. The molecule has 214 valence electrons. The average molecular weight is 565 g/mol. The van der Waals surface area contributed by atoms with Gasteiger partial charge in [0.1, 0.15) is 5.75 Å². The molecule has 1 amide bonds. The Morgan fingerprint density at radius 3 is 2.49 bits per heavy atom. The molecule has 0 atom stereocenters. The molecule has 4 aromatic rings. The summed E-state index contributed by atoms with van der Waals surface area (Å²) in [6, 6.07) is 20.0. The Morgan fingerprint density at radius 2 is 1.76 bits per heavy atom. The summed E-state index contributed by atoms with van der Waals surface area (Å²) in [4.78, 5) is 24.3. The van der Waals surface area contributed by atoms with E-state index in [1.54, 1.807) is 31.2 Å². The lowest BCUT2D eigenvalue weighted by Crippen LogP contribution is -2.11. The molecular weight excluding hydrogens is 533 g/mol. The Labute approximate surface area is 236 Å². The van der Waals surface area contributed by atoms with E-state index in [0.29, 0.717) is 37.6 Å². The molecule has 0 saturated carbocycles. The van der Waals surface area contributed by atoms with Crippen molar-refractivity contribution in [2.75, 3.05) is 18.5 Å². The Morgan fingerprint density at radius 1 is 1.00 bits per heavy atom. The lowest BCUT2D eigenvalue weighted by atomic mass is 10.0. The number of carbonyl (C=O) groups excluding carboxylic acids is 2. The number of benzene rings is 3. The van der Waals surface area contributed by atoms with Crippen molar-refractivity contribution in [2.45, 2.75) is 39.4 Å². The minimum absolute atomic E-state index is 0.257. The lowest BCUT2D eigenvalue weighted by molar-refractivity contribution is -0.143. The predicted octanol–water partition coefficient (Wildman–Crippen LogP) is 7.47. The predicted molar refractivity (Wildman–Crippen MR) is 153 cm³/mol. The molecule has 1 N–H and O–H groups in total. The molecule has 9 heteroatoms. The number of rotatable bonds is 11. The number of nitrogens with zero attached hydrogens (tertiary/aromatic N) is 1. The summed E-state index contributed by atoms with van der Waals surface area (Å²) in [5.41, 5.74) is 3.16. The van der Waals surface area contributed by atoms with Gasteiger partial charge in [0.05, 0.1) is 24.5 Å². The number of fused-ring (bicyclic) bond motifs is 1. The topological polar surface area (TPSA) is 69.6 Å². The maximum absolute atomic E-state index is 12.9. The summed E-state index contributed by atoms with van der Waals surface area (Å²) < 4.78 is 51.2. The molecule has 1 aromatic heterocycles. The van der Waals surface area contributed by atoms with Crippen molar-refractivity contribution in [1.29, 1.82) is 0 Å². The number of halogens is 3. The van der Waals surface area contributed by atoms with E-state index in [1.165, 1.54) is 18.2 Å². The smallest absolute Gasteiger partial charge is 0.416 e. The number of nitrogens with one attached hydrogen (secondary N) is 1. The van der Waals surface area contributed by atoms with E-state index in [1.807, 2.05) is 42.0 Å². The zero-order valence-electron chi connectivity index (χ0n) is 22.8. The van der Waals surface area contributed by atoms with Crippen LogP contribution in [0.25, 0.3) is 16.5 Å². The molecule has 0 fully saturated rings. The van der Waals surface area contributed by atoms with Crippen molar-refractivity contribution in [3.8, 4) is 5.75 Å². The van der Waals surface area contributed by atoms with Gasteiger partial charge in [0.25, 0.3) is 0 Å². The second-order valence-corrected chi connectivity index (χ2v) is 9.48. The monoisotopic (exact) mass is 564 g/mol. The zero-order chi connectivity index (χ0) is 29.4. The molecule has 4 rings (SSSR count). The lowest BCUT2D eigenvalue weighted by Gasteiger charge is -2.12. The van der Waals surface area contributed by atoms with Crippen molar-refractivity contribution in [3.05, 3.63) is 102 Å². The molecule has 0 saturated heterocycles. The van der Waals surface area contributed by atoms with E-state index in [4.69, 9.17) is 9.47 Å². The first-order valence-electron chi connectivity index (χ1n) is 13.3. The van der Waals surface area contributed by atoms with Crippen LogP contribution in [0.4, 0.5) is 18.9 Å². The van der Waals surface area contributed by atoms with Gasteiger partial charge < -0.3 is 19.4 Å². The van der Waals surface area contributed by atoms with Crippen molar-refractivity contribution < 1.29 is 32.2 Å². The van der Waals surface area contributed by atoms with Gasteiger partial charge in [0.15, 0.2) is 0 Å². The number of hydrogen-bond acceptors (Lipinski definition) is 4. The van der Waals surface area contributed by atoms with E-state index in [9.17, 15) is 22.8 Å². The molecule has 41 heavy (non-hydrogen) atoms. The summed E-state index contributed by atoms with van der Waals surface area (Å²) in [5, 5.41) is 3.80. The van der Waals surface area contributed by atoms with Crippen LogP contribution in [0.2, 0.25) is 0 Å². The summed E-state index contributed by atoms with van der Waals surface area (Å²) in [6.45, 7) is 4.68. The van der Waals surface area contributed by atoms with Crippen molar-refractivity contribution in [2.24, 2.45) is 0 Å². The summed E-state index contributed by atoms with van der Waals surface area (Å²) in [6.07, 6.45) is -0.206. The number of amides is 1. The van der Waals surface area contributed by atoms with Gasteiger partial charge in [-0.2, -0.15) is 13.2 Å². The third kappa shape index (κ3) is 8.00. The van der Waals surface area contributed by atoms with Gasteiger partial charge in [-0.15, -0.1) is 0 Å². The highest BCUT2D eigenvalue weighted by atomic mass is 19.4. The normalized spacial score (nSPS) is 11.9. The second kappa shape index (κ2) is 13.2. The van der Waals surface area contributed by atoms with Gasteiger partial charge in [-0.3, -0.25) is 9.59 Å². The van der Waals surface area contributed by atoms with Gasteiger partial charge in [-0.25, -0.2) is 0 Å². The number of ether oxygens (including phenoxy) is 2. The molecule has 0 aliphatic heterocycles. The van der Waals surface area contributed by atoms with Gasteiger partial charge in [-0.1, -0.05) is 30.3 Å². The minimum Gasteiger partial charge on any atom is -0.491 e. The van der Waals surface area contributed by atoms with Gasteiger partial charge in [-0.05, 0) is 79.4 Å². The molecule has 1 heterocycles. The minimum atomic E-state index is -4.36. The molecular formula is C32H31F3N2O4. The molecule has 3 aromatic carbocycles. The fourth-order valence-electron chi connectivity index (χ4n) is 4.36. The number of allylic oxidation sites excluding steroid dienone is 1. The van der Waals surface area contributed by atoms with E-state index in [0.717, 1.165) is 39.7 Å².